The van der Waals surface area contributed by atoms with Crippen LogP contribution in [0.4, 0.5) is 11.4 Å². The highest BCUT2D eigenvalue weighted by Crippen LogP contribution is 2.59. The minimum Gasteiger partial charge on any atom is -0.461 e. The average molecular weight is 481 g/mol. The number of allylic oxidation sites excluding steroid dienone is 1. The maximum atomic E-state index is 14.3. The lowest BCUT2D eigenvalue weighted by Gasteiger charge is -2.39. The standard InChI is InChI=1S/C30H28N2O4/c1-17-16-23-30(19-11-6-7-12-20(19)31-28(30)35)24(26(33)22-14-9-15-36-22)25(27(34)29(2,3)4)32(23)21-13-8-5-10-18(17)21/h5-16,23-25H,1-4H3,(H,31,35)/t23-,24+,25-,30-/m0/s1. The van der Waals surface area contributed by atoms with Crippen molar-refractivity contribution in [2.45, 2.75) is 45.2 Å². The zero-order chi connectivity index (χ0) is 25.4. The first-order valence-electron chi connectivity index (χ1n) is 12.3. The molecule has 0 aliphatic carbocycles. The van der Waals surface area contributed by atoms with Gasteiger partial charge in [0, 0.05) is 22.4 Å². The lowest BCUT2D eigenvalue weighted by atomic mass is 9.63. The normalized spacial score (nSPS) is 26.2. The summed E-state index contributed by atoms with van der Waals surface area (Å²) in [5.41, 5.74) is 2.22. The Morgan fingerprint density at radius 2 is 1.72 bits per heavy atom. The Hall–Kier alpha value is -3.93. The summed E-state index contributed by atoms with van der Waals surface area (Å²) in [5, 5.41) is 3.04. The first kappa shape index (κ1) is 22.5. The molecular weight excluding hydrogens is 452 g/mol. The number of rotatable bonds is 3. The van der Waals surface area contributed by atoms with Crippen molar-refractivity contribution in [3.63, 3.8) is 0 Å². The van der Waals surface area contributed by atoms with E-state index in [2.05, 4.69) is 11.4 Å². The van der Waals surface area contributed by atoms with Gasteiger partial charge < -0.3 is 14.6 Å². The van der Waals surface area contributed by atoms with Crippen LogP contribution < -0.4 is 10.2 Å². The van der Waals surface area contributed by atoms with E-state index < -0.39 is 28.8 Å². The first-order valence-corrected chi connectivity index (χ1v) is 12.3. The Morgan fingerprint density at radius 1 is 1.00 bits per heavy atom. The molecule has 6 nitrogen and oxygen atoms in total. The molecule has 4 atom stereocenters. The van der Waals surface area contributed by atoms with E-state index in [4.69, 9.17) is 4.42 Å². The highest BCUT2D eigenvalue weighted by Gasteiger charge is 2.71. The average Bonchev–Trinajstić information content (AvgIpc) is 3.55. The molecule has 182 valence electrons. The van der Waals surface area contributed by atoms with Gasteiger partial charge >= 0.3 is 0 Å². The number of para-hydroxylation sites is 2. The van der Waals surface area contributed by atoms with Crippen LogP contribution in [0.5, 0.6) is 0 Å². The zero-order valence-corrected chi connectivity index (χ0v) is 20.7. The molecule has 3 aliphatic rings. The Bertz CT molecular complexity index is 1450. The van der Waals surface area contributed by atoms with Gasteiger partial charge in [-0.25, -0.2) is 0 Å². The van der Waals surface area contributed by atoms with Crippen molar-refractivity contribution in [1.82, 2.24) is 0 Å². The summed E-state index contributed by atoms with van der Waals surface area (Å²) in [6.07, 6.45) is 3.51. The fraction of sp³-hybridized carbons (Fsp3) is 0.300. The number of benzene rings is 2. The van der Waals surface area contributed by atoms with Crippen LogP contribution in [0, 0.1) is 11.3 Å². The molecule has 6 rings (SSSR count). The maximum absolute atomic E-state index is 14.3. The molecule has 0 bridgehead atoms. The van der Waals surface area contributed by atoms with Crippen molar-refractivity contribution in [2.75, 3.05) is 10.2 Å². The van der Waals surface area contributed by atoms with Gasteiger partial charge in [0.2, 0.25) is 11.7 Å². The summed E-state index contributed by atoms with van der Waals surface area (Å²) in [6, 6.07) is 17.3. The van der Waals surface area contributed by atoms with Gasteiger partial charge in [0.15, 0.2) is 11.5 Å². The van der Waals surface area contributed by atoms with Crippen LogP contribution in [0.3, 0.4) is 0 Å². The number of furan rings is 1. The van der Waals surface area contributed by atoms with E-state index in [0.29, 0.717) is 5.69 Å². The Kier molecular flexibility index (Phi) is 4.71. The number of nitrogens with zero attached hydrogens (tertiary/aromatic N) is 1. The van der Waals surface area contributed by atoms with E-state index in [9.17, 15) is 14.4 Å². The Balaban J connectivity index is 1.72. The lowest BCUT2D eigenvalue weighted by molar-refractivity contribution is -0.128. The highest BCUT2D eigenvalue weighted by atomic mass is 16.3. The molecule has 2 aromatic carbocycles. The summed E-state index contributed by atoms with van der Waals surface area (Å²) in [5.74, 6) is -1.53. The molecule has 0 radical (unpaired) electrons. The third kappa shape index (κ3) is 2.81. The third-order valence-electron chi connectivity index (χ3n) is 7.94. The largest absolute Gasteiger partial charge is 0.461 e. The molecule has 1 spiro atoms. The summed E-state index contributed by atoms with van der Waals surface area (Å²) >= 11 is 0. The third-order valence-corrected chi connectivity index (χ3v) is 7.94. The fourth-order valence-corrected chi connectivity index (χ4v) is 6.40. The molecule has 3 aromatic rings. The highest BCUT2D eigenvalue weighted by molar-refractivity contribution is 6.16. The fourth-order valence-electron chi connectivity index (χ4n) is 6.40. The minimum absolute atomic E-state index is 0.0887. The van der Waals surface area contributed by atoms with Gasteiger partial charge in [-0.2, -0.15) is 0 Å². The van der Waals surface area contributed by atoms with Crippen LogP contribution in [-0.2, 0) is 15.0 Å². The van der Waals surface area contributed by atoms with Gasteiger partial charge in [-0.1, -0.05) is 63.2 Å². The number of carbonyl (C=O) groups is 3. The number of ketones is 2. The molecule has 1 fully saturated rings. The van der Waals surface area contributed by atoms with Gasteiger partial charge in [-0.3, -0.25) is 14.4 Å². The van der Waals surface area contributed by atoms with E-state index in [1.807, 2.05) is 81.1 Å². The SMILES string of the molecule is CC1=C[C@@H]2N(c3ccccc31)[C@H](C(=O)C(C)(C)C)[C@H](C(=O)c1ccco1)[C@@]21C(=O)Nc2ccccc21. The van der Waals surface area contributed by atoms with Crippen LogP contribution >= 0.6 is 0 Å². The quantitative estimate of drug-likeness (QED) is 0.518. The smallest absolute Gasteiger partial charge is 0.238 e. The van der Waals surface area contributed by atoms with E-state index in [0.717, 1.165) is 22.4 Å². The van der Waals surface area contributed by atoms with Gasteiger partial charge in [0.1, 0.15) is 11.5 Å². The van der Waals surface area contributed by atoms with Gasteiger partial charge in [-0.05, 0) is 42.3 Å². The van der Waals surface area contributed by atoms with Crippen LogP contribution in [0.2, 0.25) is 0 Å². The van der Waals surface area contributed by atoms with E-state index in [1.165, 1.54) is 6.26 Å². The van der Waals surface area contributed by atoms with Crippen molar-refractivity contribution < 1.29 is 18.8 Å². The number of amides is 1. The molecule has 4 heterocycles. The number of fused-ring (bicyclic) bond motifs is 6. The Morgan fingerprint density at radius 3 is 2.44 bits per heavy atom. The number of Topliss-reactive ketones (excluding diaryl/α,β-unsaturated/α-hetero) is 2. The van der Waals surface area contributed by atoms with Gasteiger partial charge in [0.05, 0.1) is 18.2 Å². The van der Waals surface area contributed by atoms with Crippen molar-refractivity contribution in [2.24, 2.45) is 11.3 Å². The molecule has 36 heavy (non-hydrogen) atoms. The number of hydrogen-bond acceptors (Lipinski definition) is 5. The van der Waals surface area contributed by atoms with Crippen molar-refractivity contribution >= 4 is 34.4 Å². The van der Waals surface area contributed by atoms with Crippen LogP contribution in [0.1, 0.15) is 49.4 Å². The van der Waals surface area contributed by atoms with Gasteiger partial charge in [0.25, 0.3) is 0 Å². The summed E-state index contributed by atoms with van der Waals surface area (Å²) in [6.45, 7) is 7.61. The molecule has 1 saturated heterocycles. The lowest BCUT2D eigenvalue weighted by Crippen LogP contribution is -2.51. The maximum Gasteiger partial charge on any atom is 0.238 e. The second kappa shape index (κ2) is 7.53. The predicted molar refractivity (Wildman–Crippen MR) is 138 cm³/mol. The zero-order valence-electron chi connectivity index (χ0n) is 20.7. The van der Waals surface area contributed by atoms with Crippen LogP contribution in [0.25, 0.3) is 5.57 Å². The van der Waals surface area contributed by atoms with Crippen molar-refractivity contribution in [1.29, 1.82) is 0 Å². The van der Waals surface area contributed by atoms with E-state index in [1.54, 1.807) is 12.1 Å². The minimum atomic E-state index is -1.30. The van der Waals surface area contributed by atoms with Crippen molar-refractivity contribution in [3.8, 4) is 0 Å². The molecule has 1 amide bonds. The molecule has 1 N–H and O–H groups in total. The summed E-state index contributed by atoms with van der Waals surface area (Å²) in [7, 11) is 0. The van der Waals surface area contributed by atoms with Crippen LogP contribution in [0.15, 0.2) is 77.4 Å². The molecule has 0 saturated carbocycles. The van der Waals surface area contributed by atoms with Crippen molar-refractivity contribution in [3.05, 3.63) is 89.9 Å². The summed E-state index contributed by atoms with van der Waals surface area (Å²) < 4.78 is 5.56. The van der Waals surface area contributed by atoms with Crippen LogP contribution in [-0.4, -0.2) is 29.6 Å². The first-order chi connectivity index (χ1) is 17.2. The molecule has 1 aromatic heterocycles. The Labute approximate surface area is 210 Å². The number of nitrogens with one attached hydrogen (secondary N) is 1. The second-order valence-corrected chi connectivity index (χ2v) is 11.0. The molecule has 3 aliphatic heterocycles. The predicted octanol–water partition coefficient (Wildman–Crippen LogP) is 5.26. The van der Waals surface area contributed by atoms with E-state index in [-0.39, 0.29) is 23.2 Å². The number of hydrogen-bond donors (Lipinski definition) is 1. The summed E-state index contributed by atoms with van der Waals surface area (Å²) in [4.78, 5) is 44.8. The molecule has 0 unspecified atom stereocenters. The monoisotopic (exact) mass is 480 g/mol. The second-order valence-electron chi connectivity index (χ2n) is 11.0. The van der Waals surface area contributed by atoms with Gasteiger partial charge in [-0.15, -0.1) is 0 Å². The number of anilines is 2. The number of carbonyl (C=O) groups excluding carboxylic acids is 3. The van der Waals surface area contributed by atoms with E-state index >= 15 is 0 Å². The topological polar surface area (TPSA) is 79.6 Å². The molecular formula is C30H28N2O4. The molecule has 6 heteroatoms.